The Morgan fingerprint density at radius 2 is 1.52 bits per heavy atom. The van der Waals surface area contributed by atoms with Gasteiger partial charge in [0.15, 0.2) is 0 Å². The molecule has 0 N–H and O–H groups in total. The van der Waals surface area contributed by atoms with E-state index in [-0.39, 0.29) is 0 Å². The lowest BCUT2D eigenvalue weighted by molar-refractivity contribution is -0.360. The van der Waals surface area contributed by atoms with Gasteiger partial charge in [-0.15, -0.1) is 0 Å². The van der Waals surface area contributed by atoms with Crippen LogP contribution in [0.2, 0.25) is 0 Å². The van der Waals surface area contributed by atoms with Gasteiger partial charge in [-0.3, -0.25) is 0 Å². The molecule has 2 rings (SSSR count). The first-order valence-corrected chi connectivity index (χ1v) is 7.90. The highest BCUT2D eigenvalue weighted by atomic mass is 19.4. The van der Waals surface area contributed by atoms with Gasteiger partial charge in [0, 0.05) is 0 Å². The molecule has 1 aromatic carbocycles. The van der Waals surface area contributed by atoms with Crippen LogP contribution in [-0.4, -0.2) is 12.3 Å². The van der Waals surface area contributed by atoms with Crippen molar-refractivity contribution in [2.24, 2.45) is 11.8 Å². The van der Waals surface area contributed by atoms with Crippen molar-refractivity contribution in [2.45, 2.75) is 57.7 Å². The number of benzene rings is 1. The van der Waals surface area contributed by atoms with Gasteiger partial charge in [-0.25, -0.2) is 0 Å². The van der Waals surface area contributed by atoms with E-state index >= 15 is 0 Å². The van der Waals surface area contributed by atoms with Gasteiger partial charge in [-0.05, 0) is 42.4 Å². The Morgan fingerprint density at radius 3 is 2.04 bits per heavy atom. The summed E-state index contributed by atoms with van der Waals surface area (Å²) in [6, 6.07) is 5.43. The topological polar surface area (TPSA) is 9.23 Å². The molecule has 0 amide bonds. The molecule has 0 radical (unpaired) electrons. The van der Waals surface area contributed by atoms with Crippen LogP contribution < -0.4 is 4.74 Å². The molecular weight excluding hydrogens is 315 g/mol. The minimum Gasteiger partial charge on any atom is -0.426 e. The standard InChI is InChI=1S/C17H21F5O/c1-12-2-4-13(5-3-12)6-7-14-8-10-15(11-9-14)23-17(21,22)16(18,19)20/h8-13H,2-7H2,1H3/t12-,13-. The van der Waals surface area contributed by atoms with Crippen molar-refractivity contribution in [3.05, 3.63) is 29.8 Å². The maximum absolute atomic E-state index is 12.8. The number of alkyl halides is 5. The maximum atomic E-state index is 12.8. The van der Waals surface area contributed by atoms with Crippen molar-refractivity contribution in [3.63, 3.8) is 0 Å². The van der Waals surface area contributed by atoms with E-state index in [1.165, 1.54) is 25.7 Å². The lowest BCUT2D eigenvalue weighted by atomic mass is 9.80. The van der Waals surface area contributed by atoms with Crippen LogP contribution >= 0.6 is 0 Å². The quantitative estimate of drug-likeness (QED) is 0.601. The summed E-state index contributed by atoms with van der Waals surface area (Å²) >= 11 is 0. The average Bonchev–Trinajstić information content (AvgIpc) is 2.47. The molecule has 0 bridgehead atoms. The minimum absolute atomic E-state index is 0.484. The predicted molar refractivity (Wildman–Crippen MR) is 77.5 cm³/mol. The van der Waals surface area contributed by atoms with E-state index in [4.69, 9.17) is 0 Å². The van der Waals surface area contributed by atoms with Gasteiger partial charge in [-0.1, -0.05) is 44.7 Å². The molecule has 0 heterocycles. The SMILES string of the molecule is C[C@H]1CC[C@H](CCc2ccc(OC(F)(F)C(F)(F)F)cc2)CC1. The number of rotatable bonds is 5. The largest absolute Gasteiger partial charge is 0.499 e. The number of ether oxygens (including phenoxy) is 1. The second-order valence-electron chi connectivity index (χ2n) is 6.43. The summed E-state index contributed by atoms with van der Waals surface area (Å²) in [6.07, 6.45) is -4.17. The molecule has 1 nitrogen and oxygen atoms in total. The first-order valence-electron chi connectivity index (χ1n) is 7.90. The first-order chi connectivity index (χ1) is 10.7. The second kappa shape index (κ2) is 7.05. The zero-order chi connectivity index (χ0) is 17.1. The summed E-state index contributed by atoms with van der Waals surface area (Å²) in [5, 5.41) is 0. The summed E-state index contributed by atoms with van der Waals surface area (Å²) in [5.74, 6) is 0.984. The fraction of sp³-hybridized carbons (Fsp3) is 0.647. The Balaban J connectivity index is 1.85. The van der Waals surface area contributed by atoms with Crippen molar-refractivity contribution in [2.75, 3.05) is 0 Å². The van der Waals surface area contributed by atoms with Crippen LogP contribution in [0.5, 0.6) is 5.75 Å². The highest BCUT2D eigenvalue weighted by Gasteiger charge is 2.61. The molecule has 0 aromatic heterocycles. The highest BCUT2D eigenvalue weighted by molar-refractivity contribution is 5.27. The molecule has 0 saturated heterocycles. The molecule has 1 fully saturated rings. The molecule has 6 heteroatoms. The number of halogens is 5. The van der Waals surface area contributed by atoms with Gasteiger partial charge in [0.1, 0.15) is 5.75 Å². The summed E-state index contributed by atoms with van der Waals surface area (Å²) < 4.78 is 65.6. The van der Waals surface area contributed by atoms with Gasteiger partial charge < -0.3 is 4.74 Å². The third-order valence-corrected chi connectivity index (χ3v) is 4.48. The molecule has 1 aliphatic carbocycles. The van der Waals surface area contributed by atoms with Crippen molar-refractivity contribution in [1.82, 2.24) is 0 Å². The van der Waals surface area contributed by atoms with E-state index in [9.17, 15) is 22.0 Å². The second-order valence-corrected chi connectivity index (χ2v) is 6.43. The zero-order valence-corrected chi connectivity index (χ0v) is 13.0. The van der Waals surface area contributed by atoms with Crippen molar-refractivity contribution < 1.29 is 26.7 Å². The third kappa shape index (κ3) is 5.08. The van der Waals surface area contributed by atoms with Crippen molar-refractivity contribution in [1.29, 1.82) is 0 Å². The van der Waals surface area contributed by atoms with E-state index in [0.717, 1.165) is 36.5 Å². The Hall–Kier alpha value is -1.33. The van der Waals surface area contributed by atoms with Gasteiger partial charge in [0.2, 0.25) is 0 Å². The molecule has 23 heavy (non-hydrogen) atoms. The number of aryl methyl sites for hydroxylation is 1. The van der Waals surface area contributed by atoms with Crippen LogP contribution in [0.1, 0.15) is 44.6 Å². The first kappa shape index (κ1) is 18.0. The number of hydrogen-bond donors (Lipinski definition) is 0. The highest BCUT2D eigenvalue weighted by Crippen LogP contribution is 2.37. The molecule has 0 unspecified atom stereocenters. The molecule has 1 aliphatic rings. The van der Waals surface area contributed by atoms with Crippen molar-refractivity contribution >= 4 is 0 Å². The van der Waals surface area contributed by atoms with E-state index in [0.29, 0.717) is 5.92 Å². The van der Waals surface area contributed by atoms with Crippen LogP contribution in [0, 0.1) is 11.8 Å². The monoisotopic (exact) mass is 336 g/mol. The van der Waals surface area contributed by atoms with Gasteiger partial charge in [-0.2, -0.15) is 22.0 Å². The van der Waals surface area contributed by atoms with E-state index in [2.05, 4.69) is 11.7 Å². The van der Waals surface area contributed by atoms with Crippen LogP contribution in [0.15, 0.2) is 24.3 Å². The van der Waals surface area contributed by atoms with Gasteiger partial charge >= 0.3 is 12.3 Å². The molecule has 0 atom stereocenters. The summed E-state index contributed by atoms with van der Waals surface area (Å²) in [5.41, 5.74) is 0.922. The van der Waals surface area contributed by atoms with Crippen LogP contribution in [0.25, 0.3) is 0 Å². The van der Waals surface area contributed by atoms with E-state index < -0.39 is 18.0 Å². The molecule has 0 aliphatic heterocycles. The third-order valence-electron chi connectivity index (χ3n) is 4.48. The summed E-state index contributed by atoms with van der Waals surface area (Å²) in [4.78, 5) is 0. The van der Waals surface area contributed by atoms with E-state index in [1.54, 1.807) is 12.1 Å². The summed E-state index contributed by atoms with van der Waals surface area (Å²) in [7, 11) is 0. The fourth-order valence-electron chi connectivity index (χ4n) is 2.92. The molecule has 1 saturated carbocycles. The molecule has 1 aromatic rings. The van der Waals surface area contributed by atoms with Crippen LogP contribution in [0.3, 0.4) is 0 Å². The smallest absolute Gasteiger partial charge is 0.426 e. The fourth-order valence-corrected chi connectivity index (χ4v) is 2.92. The lowest BCUT2D eigenvalue weighted by Gasteiger charge is -2.26. The predicted octanol–water partition coefficient (Wildman–Crippen LogP) is 5.98. The zero-order valence-electron chi connectivity index (χ0n) is 13.0. The normalized spacial score (nSPS) is 22.9. The Labute approximate surface area is 132 Å². The summed E-state index contributed by atoms with van der Waals surface area (Å²) in [6.45, 7) is 2.26. The lowest BCUT2D eigenvalue weighted by Crippen LogP contribution is -2.41. The maximum Gasteiger partial charge on any atom is 0.499 e. The molecular formula is C17H21F5O. The minimum atomic E-state index is -5.72. The average molecular weight is 336 g/mol. The molecule has 130 valence electrons. The van der Waals surface area contributed by atoms with Crippen LogP contribution in [0.4, 0.5) is 22.0 Å². The van der Waals surface area contributed by atoms with Gasteiger partial charge in [0.25, 0.3) is 0 Å². The molecule has 0 spiro atoms. The van der Waals surface area contributed by atoms with Crippen molar-refractivity contribution in [3.8, 4) is 5.75 Å². The Kier molecular flexibility index (Phi) is 5.53. The number of hydrogen-bond acceptors (Lipinski definition) is 1. The van der Waals surface area contributed by atoms with Crippen LogP contribution in [-0.2, 0) is 6.42 Å². The van der Waals surface area contributed by atoms with E-state index in [1.807, 2.05) is 0 Å². The Bertz CT molecular complexity index is 487. The Morgan fingerprint density at radius 1 is 0.957 bits per heavy atom. The van der Waals surface area contributed by atoms with Gasteiger partial charge in [0.05, 0.1) is 0 Å².